The second kappa shape index (κ2) is 7.40. The van der Waals surface area contributed by atoms with Crippen molar-refractivity contribution in [3.05, 3.63) is 32.6 Å². The van der Waals surface area contributed by atoms with Gasteiger partial charge in [-0.15, -0.1) is 0 Å². The van der Waals surface area contributed by atoms with Crippen molar-refractivity contribution >= 4 is 5.91 Å². The molecule has 1 aliphatic rings. The lowest BCUT2D eigenvalue weighted by Gasteiger charge is -2.16. The number of carbonyl (C=O) groups is 1. The number of rotatable bonds is 5. The van der Waals surface area contributed by atoms with Crippen molar-refractivity contribution in [2.24, 2.45) is 0 Å². The molecule has 0 aliphatic carbocycles. The van der Waals surface area contributed by atoms with E-state index in [0.29, 0.717) is 0 Å². The van der Waals surface area contributed by atoms with Gasteiger partial charge in [-0.1, -0.05) is 0 Å². The fraction of sp³-hybridized carbons (Fsp3) is 0.643. The highest BCUT2D eigenvalue weighted by Gasteiger charge is 2.38. The number of carbonyl (C=O) groups excluding carboxylic acids is 1. The van der Waals surface area contributed by atoms with Crippen LogP contribution in [0.4, 0.5) is 13.2 Å². The molecule has 0 bridgehead atoms. The maximum Gasteiger partial charge on any atom is 0.471 e. The van der Waals surface area contributed by atoms with E-state index in [1.165, 1.54) is 13.1 Å². The average Bonchev–Trinajstić information content (AvgIpc) is 2.88. The predicted octanol–water partition coefficient (Wildman–Crippen LogP) is -0.333. The van der Waals surface area contributed by atoms with Crippen molar-refractivity contribution in [2.45, 2.75) is 44.8 Å². The van der Waals surface area contributed by atoms with Crippen LogP contribution in [-0.2, 0) is 16.1 Å². The van der Waals surface area contributed by atoms with Crippen LogP contribution in [0.15, 0.2) is 15.8 Å². The Kier molecular flexibility index (Phi) is 5.23. The molecule has 2 heterocycles. The Bertz CT molecular complexity index is 782. The van der Waals surface area contributed by atoms with Gasteiger partial charge in [-0.25, -0.2) is 4.79 Å². The van der Waals surface area contributed by atoms with Crippen LogP contribution in [-0.4, -0.2) is 45.6 Å². The van der Waals surface area contributed by atoms with Gasteiger partial charge in [0.15, 0.2) is 0 Å². The van der Waals surface area contributed by atoms with Crippen LogP contribution in [0.3, 0.4) is 0 Å². The molecule has 1 aromatic heterocycles. The van der Waals surface area contributed by atoms with Crippen LogP contribution >= 0.6 is 0 Å². The van der Waals surface area contributed by atoms with Gasteiger partial charge in [0.1, 0.15) is 6.23 Å². The second-order valence-electron chi connectivity index (χ2n) is 5.60. The fourth-order valence-corrected chi connectivity index (χ4v) is 2.38. The molecule has 140 valence electrons. The molecule has 25 heavy (non-hydrogen) atoms. The van der Waals surface area contributed by atoms with Crippen LogP contribution in [0.5, 0.6) is 0 Å². The second-order valence-corrected chi connectivity index (χ2v) is 5.60. The minimum atomic E-state index is -5.00. The number of aliphatic hydroxyl groups is 1. The Morgan fingerprint density at radius 2 is 2.20 bits per heavy atom. The summed E-state index contributed by atoms with van der Waals surface area (Å²) in [5, 5.41) is 11.2. The van der Waals surface area contributed by atoms with Gasteiger partial charge >= 0.3 is 17.8 Å². The Morgan fingerprint density at radius 1 is 1.52 bits per heavy atom. The average molecular weight is 366 g/mol. The van der Waals surface area contributed by atoms with E-state index in [-0.39, 0.29) is 31.5 Å². The summed E-state index contributed by atoms with van der Waals surface area (Å²) in [6, 6.07) is 0. The molecule has 8 nitrogen and oxygen atoms in total. The molecule has 0 saturated carbocycles. The molecule has 11 heteroatoms. The number of ether oxygens (including phenoxy) is 1. The molecular weight excluding hydrogens is 347 g/mol. The smallest absolute Gasteiger partial charge is 0.391 e. The first-order valence-electron chi connectivity index (χ1n) is 8.03. The number of aromatic nitrogens is 2. The van der Waals surface area contributed by atoms with Crippen LogP contribution in [0.2, 0.25) is 0 Å². The van der Waals surface area contributed by atoms with Gasteiger partial charge in [0.2, 0.25) is 0 Å². The van der Waals surface area contributed by atoms with Gasteiger partial charge in [0.25, 0.3) is 5.56 Å². The first-order chi connectivity index (χ1) is 12.0. The summed E-state index contributed by atoms with van der Waals surface area (Å²) in [6.45, 7) is -0.350. The number of hydrogen-bond donors (Lipinski definition) is 2. The Hall–Kier alpha value is -2.14. The zero-order valence-corrected chi connectivity index (χ0v) is 13.2. The van der Waals surface area contributed by atoms with Crippen LogP contribution in [0, 0.1) is 6.92 Å². The third-order valence-corrected chi connectivity index (χ3v) is 3.61. The molecule has 1 fully saturated rings. The summed E-state index contributed by atoms with van der Waals surface area (Å²) in [4.78, 5) is 35.3. The number of aliphatic hydroxyl groups excluding tert-OH is 1. The van der Waals surface area contributed by atoms with E-state index in [4.69, 9.17) is 6.11 Å². The zero-order valence-electron chi connectivity index (χ0n) is 14.2. The number of alkyl halides is 3. The van der Waals surface area contributed by atoms with Crippen molar-refractivity contribution in [1.82, 2.24) is 14.5 Å². The lowest BCUT2D eigenvalue weighted by molar-refractivity contribution is -0.173. The standard InChI is InChI=1S/C14H18F3N3O5/c1-8-6-20(10-5-9(21)7-25-10)13(24)19(11(8)22)4-2-3-18-12(23)14(15,16)17/h6,9-10,21H,2-5,7H2,1H3,(H,18,23)/i7D. The van der Waals surface area contributed by atoms with Crippen LogP contribution in [0.25, 0.3) is 0 Å². The topological polar surface area (TPSA) is 103 Å². The lowest BCUT2D eigenvalue weighted by atomic mass is 10.3. The maximum absolute atomic E-state index is 12.5. The van der Waals surface area contributed by atoms with Crippen molar-refractivity contribution in [3.63, 3.8) is 0 Å². The molecule has 1 aromatic rings. The van der Waals surface area contributed by atoms with E-state index < -0.39 is 42.2 Å². The van der Waals surface area contributed by atoms with E-state index >= 15 is 0 Å². The Balaban J connectivity index is 2.13. The number of nitrogens with zero attached hydrogens (tertiary/aromatic N) is 2. The van der Waals surface area contributed by atoms with Crippen molar-refractivity contribution < 1.29 is 29.2 Å². The molecule has 1 aliphatic heterocycles. The molecule has 1 amide bonds. The summed E-state index contributed by atoms with van der Waals surface area (Å²) in [5.41, 5.74) is -1.20. The van der Waals surface area contributed by atoms with Crippen molar-refractivity contribution in [1.29, 1.82) is 0 Å². The number of halogens is 3. The van der Waals surface area contributed by atoms with E-state index in [2.05, 4.69) is 0 Å². The SMILES string of the molecule is [2H]C1OC(n2cc(C)c(=O)n(CCCNC(=O)C(F)(F)F)c2=O)CC1O. The summed E-state index contributed by atoms with van der Waals surface area (Å²) in [5.74, 6) is -2.10. The van der Waals surface area contributed by atoms with Crippen molar-refractivity contribution in [2.75, 3.05) is 13.1 Å². The van der Waals surface area contributed by atoms with Gasteiger partial charge in [0.05, 0.1) is 14.1 Å². The van der Waals surface area contributed by atoms with Crippen LogP contribution < -0.4 is 16.6 Å². The lowest BCUT2D eigenvalue weighted by Crippen LogP contribution is -2.43. The highest BCUT2D eigenvalue weighted by atomic mass is 19.4. The van der Waals surface area contributed by atoms with E-state index in [9.17, 15) is 32.7 Å². The van der Waals surface area contributed by atoms with E-state index in [1.54, 1.807) is 5.32 Å². The largest absolute Gasteiger partial charge is 0.471 e. The number of amides is 1. The van der Waals surface area contributed by atoms with Gasteiger partial charge < -0.3 is 15.2 Å². The summed E-state index contributed by atoms with van der Waals surface area (Å²) >= 11 is 0. The van der Waals surface area contributed by atoms with E-state index in [0.717, 1.165) is 9.13 Å². The minimum Gasteiger partial charge on any atom is -0.391 e. The van der Waals surface area contributed by atoms with Gasteiger partial charge in [-0.3, -0.25) is 18.7 Å². The van der Waals surface area contributed by atoms with Crippen molar-refractivity contribution in [3.8, 4) is 0 Å². The molecule has 0 aromatic carbocycles. The van der Waals surface area contributed by atoms with Gasteiger partial charge in [0, 0.05) is 31.3 Å². The molecule has 2 N–H and O–H groups in total. The predicted molar refractivity (Wildman–Crippen MR) is 79.0 cm³/mol. The first kappa shape index (κ1) is 17.7. The van der Waals surface area contributed by atoms with Gasteiger partial charge in [-0.05, 0) is 13.3 Å². The highest BCUT2D eigenvalue weighted by molar-refractivity contribution is 5.81. The van der Waals surface area contributed by atoms with Crippen LogP contribution in [0.1, 0.15) is 26.0 Å². The zero-order chi connectivity index (χ0) is 19.6. The molecule has 0 radical (unpaired) electrons. The monoisotopic (exact) mass is 366 g/mol. The molecule has 3 unspecified atom stereocenters. The number of aryl methyl sites for hydroxylation is 1. The van der Waals surface area contributed by atoms with E-state index in [1.807, 2.05) is 0 Å². The first-order valence-corrected chi connectivity index (χ1v) is 7.45. The fourth-order valence-electron chi connectivity index (χ4n) is 2.38. The third kappa shape index (κ3) is 4.48. The molecule has 1 saturated heterocycles. The molecule has 2 rings (SSSR count). The summed E-state index contributed by atoms with van der Waals surface area (Å²) < 4.78 is 50.8. The molecular formula is C14H18F3N3O5. The summed E-state index contributed by atoms with van der Waals surface area (Å²) in [6.07, 6.45) is -5.83. The minimum absolute atomic E-state index is 0.00659. The highest BCUT2D eigenvalue weighted by Crippen LogP contribution is 2.21. The molecule has 3 atom stereocenters. The number of hydrogen-bond acceptors (Lipinski definition) is 5. The third-order valence-electron chi connectivity index (χ3n) is 3.61. The Labute approximate surface area is 141 Å². The maximum atomic E-state index is 12.5. The number of nitrogens with one attached hydrogen (secondary N) is 1. The normalized spacial score (nSPS) is 24.2. The van der Waals surface area contributed by atoms with Gasteiger partial charge in [-0.2, -0.15) is 13.2 Å². The quantitative estimate of drug-likeness (QED) is 0.695. The summed E-state index contributed by atoms with van der Waals surface area (Å²) in [7, 11) is 0. The Morgan fingerprint density at radius 3 is 2.76 bits per heavy atom. The molecule has 0 spiro atoms.